The normalized spacial score (nSPS) is 15.0. The lowest BCUT2D eigenvalue weighted by atomic mass is 10.1. The van der Waals surface area contributed by atoms with E-state index in [0.29, 0.717) is 17.7 Å². The Balaban J connectivity index is 1.75. The van der Waals surface area contributed by atoms with Crippen LogP contribution in [0.2, 0.25) is 0 Å². The maximum atomic E-state index is 12.4. The molecule has 0 spiro atoms. The number of carbonyl (C=O) groups excluding carboxylic acids is 2. The van der Waals surface area contributed by atoms with Crippen LogP contribution in [-0.2, 0) is 6.42 Å². The summed E-state index contributed by atoms with van der Waals surface area (Å²) in [5, 5.41) is 3.20. The van der Waals surface area contributed by atoms with E-state index >= 15 is 0 Å². The Morgan fingerprint density at radius 3 is 2.00 bits per heavy atom. The number of nitrogens with zero attached hydrogens (tertiary/aromatic N) is 1. The van der Waals surface area contributed by atoms with Crippen molar-refractivity contribution in [1.29, 1.82) is 0 Å². The fraction of sp³-hybridized carbons (Fsp3) is 0.222. The molecule has 0 saturated carbocycles. The van der Waals surface area contributed by atoms with Gasteiger partial charge in [0.1, 0.15) is 0 Å². The molecule has 1 N–H and O–H groups in total. The summed E-state index contributed by atoms with van der Waals surface area (Å²) < 4.78 is 0. The van der Waals surface area contributed by atoms with Crippen molar-refractivity contribution < 1.29 is 9.59 Å². The molecule has 1 aliphatic heterocycles. The number of likely N-dealkylation sites (N-methyl/N-ethyl adjacent to an activating group) is 1. The van der Waals surface area contributed by atoms with E-state index in [1.807, 2.05) is 37.4 Å². The largest absolute Gasteiger partial charge is 0.315 e. The van der Waals surface area contributed by atoms with Crippen molar-refractivity contribution in [2.75, 3.05) is 13.6 Å². The summed E-state index contributed by atoms with van der Waals surface area (Å²) in [6.07, 6.45) is 0.769. The molecule has 1 aliphatic rings. The average molecular weight is 294 g/mol. The van der Waals surface area contributed by atoms with Gasteiger partial charge in [-0.1, -0.05) is 42.5 Å². The molecule has 2 aromatic rings. The minimum absolute atomic E-state index is 0.0320. The number of nitrogens with one attached hydrogen (secondary N) is 1. The number of hydrogen-bond donors (Lipinski definition) is 1. The van der Waals surface area contributed by atoms with E-state index in [2.05, 4.69) is 5.32 Å². The molecule has 0 unspecified atom stereocenters. The lowest BCUT2D eigenvalue weighted by molar-refractivity contribution is 0.0639. The fourth-order valence-corrected chi connectivity index (χ4v) is 2.78. The maximum absolute atomic E-state index is 12.4. The molecule has 2 amide bonds. The highest BCUT2D eigenvalue weighted by atomic mass is 16.2. The summed E-state index contributed by atoms with van der Waals surface area (Å²) in [5.41, 5.74) is 2.18. The smallest absolute Gasteiger partial charge is 0.261 e. The minimum Gasteiger partial charge on any atom is -0.315 e. The first-order valence-electron chi connectivity index (χ1n) is 7.37. The van der Waals surface area contributed by atoms with Crippen LogP contribution in [0.4, 0.5) is 0 Å². The molecule has 0 fully saturated rings. The van der Waals surface area contributed by atoms with Gasteiger partial charge in [0.2, 0.25) is 0 Å². The number of rotatable bonds is 5. The Bertz CT molecular complexity index is 662. The van der Waals surface area contributed by atoms with E-state index in [0.717, 1.165) is 6.42 Å². The van der Waals surface area contributed by atoms with E-state index in [1.54, 1.807) is 24.3 Å². The second-order valence-corrected chi connectivity index (χ2v) is 5.44. The van der Waals surface area contributed by atoms with Gasteiger partial charge in [-0.05, 0) is 31.2 Å². The van der Waals surface area contributed by atoms with E-state index < -0.39 is 0 Å². The molecule has 4 nitrogen and oxygen atoms in total. The summed E-state index contributed by atoms with van der Waals surface area (Å²) in [4.78, 5) is 26.1. The Morgan fingerprint density at radius 2 is 1.45 bits per heavy atom. The van der Waals surface area contributed by atoms with Crippen molar-refractivity contribution in [3.05, 3.63) is 71.3 Å². The third-order valence-corrected chi connectivity index (χ3v) is 4.01. The predicted molar refractivity (Wildman–Crippen MR) is 84.8 cm³/mol. The summed E-state index contributed by atoms with van der Waals surface area (Å²) in [5.74, 6) is -0.400. The van der Waals surface area contributed by atoms with Crippen LogP contribution in [0.25, 0.3) is 0 Å². The van der Waals surface area contributed by atoms with Crippen LogP contribution >= 0.6 is 0 Å². The molecule has 22 heavy (non-hydrogen) atoms. The Kier molecular flexibility index (Phi) is 4.02. The Hall–Kier alpha value is -2.46. The van der Waals surface area contributed by atoms with Gasteiger partial charge in [0.15, 0.2) is 0 Å². The zero-order valence-electron chi connectivity index (χ0n) is 12.5. The molecule has 0 saturated heterocycles. The van der Waals surface area contributed by atoms with Crippen molar-refractivity contribution in [2.24, 2.45) is 0 Å². The first-order chi connectivity index (χ1) is 10.7. The van der Waals surface area contributed by atoms with Gasteiger partial charge >= 0.3 is 0 Å². The number of fused-ring (bicyclic) bond motifs is 1. The minimum atomic E-state index is -0.200. The van der Waals surface area contributed by atoms with Crippen LogP contribution in [0.3, 0.4) is 0 Å². The van der Waals surface area contributed by atoms with Gasteiger partial charge in [-0.2, -0.15) is 0 Å². The second kappa shape index (κ2) is 6.12. The maximum Gasteiger partial charge on any atom is 0.261 e. The predicted octanol–water partition coefficient (Wildman–Crippen LogP) is 2.11. The lowest BCUT2D eigenvalue weighted by Gasteiger charge is -2.22. The molecule has 3 rings (SSSR count). The van der Waals surface area contributed by atoms with Crippen molar-refractivity contribution in [1.82, 2.24) is 10.2 Å². The second-order valence-electron chi connectivity index (χ2n) is 5.44. The molecule has 0 aliphatic carbocycles. The Morgan fingerprint density at radius 1 is 0.909 bits per heavy atom. The van der Waals surface area contributed by atoms with Crippen LogP contribution < -0.4 is 5.32 Å². The molecule has 4 heteroatoms. The first kappa shape index (κ1) is 14.5. The van der Waals surface area contributed by atoms with Crippen LogP contribution in [0.1, 0.15) is 26.3 Å². The van der Waals surface area contributed by atoms with Crippen LogP contribution in [0.15, 0.2) is 54.6 Å². The van der Waals surface area contributed by atoms with Gasteiger partial charge in [0.05, 0.1) is 11.1 Å². The third-order valence-electron chi connectivity index (χ3n) is 4.01. The summed E-state index contributed by atoms with van der Waals surface area (Å²) in [7, 11) is 1.85. The molecule has 0 radical (unpaired) electrons. The van der Waals surface area contributed by atoms with Gasteiger partial charge in [0.25, 0.3) is 11.8 Å². The van der Waals surface area contributed by atoms with Gasteiger partial charge < -0.3 is 5.32 Å². The van der Waals surface area contributed by atoms with Gasteiger partial charge in [-0.25, -0.2) is 0 Å². The monoisotopic (exact) mass is 294 g/mol. The SMILES string of the molecule is CN[C@@H](Cc1ccccc1)CN1C(=O)c2ccccc2C1=O. The fourth-order valence-electron chi connectivity index (χ4n) is 2.78. The first-order valence-corrected chi connectivity index (χ1v) is 7.37. The van der Waals surface area contributed by atoms with Crippen molar-refractivity contribution >= 4 is 11.8 Å². The number of imide groups is 1. The number of amides is 2. The van der Waals surface area contributed by atoms with E-state index in [4.69, 9.17) is 0 Å². The lowest BCUT2D eigenvalue weighted by Crippen LogP contribution is -2.43. The summed E-state index contributed by atoms with van der Waals surface area (Å²) in [6, 6.07) is 17.1. The molecule has 112 valence electrons. The molecule has 0 bridgehead atoms. The highest BCUT2D eigenvalue weighted by Gasteiger charge is 2.36. The standard InChI is InChI=1S/C18H18N2O2/c1-19-14(11-13-7-3-2-4-8-13)12-20-17(21)15-9-5-6-10-16(15)18(20)22/h2-10,14,19H,11-12H2,1H3/t14-/m0/s1. The molecule has 2 aromatic carbocycles. The molecule has 1 atom stereocenters. The van der Waals surface area contributed by atoms with Crippen molar-refractivity contribution in [2.45, 2.75) is 12.5 Å². The summed E-state index contributed by atoms with van der Waals surface area (Å²) >= 11 is 0. The zero-order chi connectivity index (χ0) is 15.5. The van der Waals surface area contributed by atoms with Gasteiger partial charge in [-0.3, -0.25) is 14.5 Å². The van der Waals surface area contributed by atoms with Crippen LogP contribution in [-0.4, -0.2) is 36.3 Å². The van der Waals surface area contributed by atoms with E-state index in [-0.39, 0.29) is 17.9 Å². The quantitative estimate of drug-likeness (QED) is 0.859. The van der Waals surface area contributed by atoms with Gasteiger partial charge in [0, 0.05) is 12.6 Å². The Labute approximate surface area is 129 Å². The molecule has 1 heterocycles. The zero-order valence-corrected chi connectivity index (χ0v) is 12.5. The van der Waals surface area contributed by atoms with Crippen molar-refractivity contribution in [3.63, 3.8) is 0 Å². The third kappa shape index (κ3) is 2.65. The van der Waals surface area contributed by atoms with E-state index in [9.17, 15) is 9.59 Å². The molecular weight excluding hydrogens is 276 g/mol. The van der Waals surface area contributed by atoms with Crippen LogP contribution in [0, 0.1) is 0 Å². The highest BCUT2D eigenvalue weighted by Crippen LogP contribution is 2.22. The number of carbonyl (C=O) groups is 2. The average Bonchev–Trinajstić information content (AvgIpc) is 2.80. The highest BCUT2D eigenvalue weighted by molar-refractivity contribution is 6.21. The number of benzene rings is 2. The van der Waals surface area contributed by atoms with Crippen molar-refractivity contribution in [3.8, 4) is 0 Å². The van der Waals surface area contributed by atoms with E-state index in [1.165, 1.54) is 10.5 Å². The molecular formula is C18H18N2O2. The topological polar surface area (TPSA) is 49.4 Å². The number of hydrogen-bond acceptors (Lipinski definition) is 3. The van der Waals surface area contributed by atoms with Crippen LogP contribution in [0.5, 0.6) is 0 Å². The molecule has 0 aromatic heterocycles. The summed E-state index contributed by atoms with van der Waals surface area (Å²) in [6.45, 7) is 0.373. The van der Waals surface area contributed by atoms with Gasteiger partial charge in [-0.15, -0.1) is 0 Å².